The number of nitrogens with one attached hydrogen (secondary N) is 1. The van der Waals surface area contributed by atoms with Gasteiger partial charge in [0.25, 0.3) is 23.3 Å². The fourth-order valence-corrected chi connectivity index (χ4v) is 4.15. The van der Waals surface area contributed by atoms with Crippen LogP contribution in [0.4, 0.5) is 22.0 Å². The van der Waals surface area contributed by atoms with E-state index in [1.807, 2.05) is 0 Å². The molecule has 1 aliphatic carbocycles. The highest BCUT2D eigenvalue weighted by atomic mass is 19.3. The first-order chi connectivity index (χ1) is 18.9. The lowest BCUT2D eigenvalue weighted by Gasteiger charge is -2.20. The van der Waals surface area contributed by atoms with Gasteiger partial charge in [-0.25, -0.2) is 17.9 Å². The van der Waals surface area contributed by atoms with Crippen LogP contribution in [0.2, 0.25) is 0 Å². The van der Waals surface area contributed by atoms with Crippen molar-refractivity contribution in [1.82, 2.24) is 35.1 Å². The molecule has 0 spiro atoms. The predicted octanol–water partition coefficient (Wildman–Crippen LogP) is 3.18. The number of hydrogen-bond donors (Lipinski definition) is 2. The van der Waals surface area contributed by atoms with E-state index in [1.54, 1.807) is 0 Å². The van der Waals surface area contributed by atoms with E-state index < -0.39 is 53.4 Å². The maximum Gasteiger partial charge on any atom is 0.298 e. The molecule has 0 aliphatic heterocycles. The Kier molecular flexibility index (Phi) is 6.69. The van der Waals surface area contributed by atoms with Crippen molar-refractivity contribution < 1.29 is 31.9 Å². The molecule has 1 amide bonds. The van der Waals surface area contributed by atoms with Gasteiger partial charge in [0.05, 0.1) is 35.4 Å². The van der Waals surface area contributed by atoms with Gasteiger partial charge in [-0.05, 0) is 25.1 Å². The van der Waals surface area contributed by atoms with Gasteiger partial charge >= 0.3 is 0 Å². The van der Waals surface area contributed by atoms with E-state index in [9.17, 15) is 31.5 Å². The highest BCUT2D eigenvalue weighted by Gasteiger charge is 2.59. The minimum absolute atomic E-state index is 0.102. The smallest absolute Gasteiger partial charge is 0.298 e. The topological polar surface area (TPSA) is 128 Å². The average molecular weight is 561 g/mol. The van der Waals surface area contributed by atoms with Crippen molar-refractivity contribution in [3.05, 3.63) is 88.0 Å². The number of pyridine rings is 1. The summed E-state index contributed by atoms with van der Waals surface area (Å²) in [6, 6.07) is 4.58. The molecule has 0 radical (unpaired) electrons. The molecule has 40 heavy (non-hydrogen) atoms. The highest BCUT2D eigenvalue weighted by molar-refractivity contribution is 5.92. The van der Waals surface area contributed by atoms with Crippen LogP contribution in [0, 0.1) is 5.82 Å². The lowest BCUT2D eigenvalue weighted by Crippen LogP contribution is -2.31. The van der Waals surface area contributed by atoms with Gasteiger partial charge < -0.3 is 10.4 Å². The quantitative estimate of drug-likeness (QED) is 0.317. The molecule has 0 bridgehead atoms. The molecule has 3 heterocycles. The number of alkyl halides is 4. The number of amides is 1. The molecule has 4 aromatic rings. The Labute approximate surface area is 222 Å². The van der Waals surface area contributed by atoms with Crippen molar-refractivity contribution >= 4 is 5.91 Å². The summed E-state index contributed by atoms with van der Waals surface area (Å²) in [6.07, 6.45) is 3.53. The van der Waals surface area contributed by atoms with E-state index in [0.29, 0.717) is 5.56 Å². The molecule has 0 unspecified atom stereocenters. The first kappa shape index (κ1) is 27.1. The second kappa shape index (κ2) is 9.89. The first-order valence-corrected chi connectivity index (χ1v) is 11.9. The molecule has 2 atom stereocenters. The Morgan fingerprint density at radius 2 is 1.98 bits per heavy atom. The van der Waals surface area contributed by atoms with Crippen LogP contribution >= 0.6 is 0 Å². The minimum Gasteiger partial charge on any atom is -0.390 e. The van der Waals surface area contributed by atoms with Crippen molar-refractivity contribution in [2.75, 3.05) is 6.61 Å². The van der Waals surface area contributed by atoms with Gasteiger partial charge in [0, 0.05) is 29.8 Å². The fraction of sp³-hybridized carbons (Fsp3) is 0.280. The fourth-order valence-electron chi connectivity index (χ4n) is 4.15. The number of carbonyl (C=O) groups excluding carboxylic acids is 1. The molecule has 1 aliphatic rings. The average Bonchev–Trinajstić information content (AvgIpc) is 3.31. The van der Waals surface area contributed by atoms with Crippen LogP contribution in [0.15, 0.2) is 59.8 Å². The summed E-state index contributed by atoms with van der Waals surface area (Å²) in [7, 11) is 0. The molecule has 10 nitrogen and oxygen atoms in total. The zero-order valence-corrected chi connectivity index (χ0v) is 20.6. The molecule has 3 aromatic heterocycles. The van der Waals surface area contributed by atoms with Crippen molar-refractivity contribution in [1.29, 1.82) is 0 Å². The standard InChI is InChI=1S/C25H20F5N7O3/c1-13(16-3-2-4-17(22(16)26)25(29,30)12-38)33-23(40)18-5-6-21(39)36(34-18)15-7-14(9-31-10-15)19-11-32-35-37(19)20-8-24(20,27)28/h2-7,9-11,13,20,38H,8,12H2,1H3,(H,33,40)/t13-,20-/m1/s1. The monoisotopic (exact) mass is 561 g/mol. The van der Waals surface area contributed by atoms with Crippen LogP contribution in [0.25, 0.3) is 16.9 Å². The van der Waals surface area contributed by atoms with Crippen LogP contribution in [0.3, 0.4) is 0 Å². The number of benzene rings is 1. The Balaban J connectivity index is 1.41. The summed E-state index contributed by atoms with van der Waals surface area (Å²) in [5.41, 5.74) is -1.52. The second-order valence-corrected chi connectivity index (χ2v) is 9.21. The minimum atomic E-state index is -3.82. The molecule has 208 valence electrons. The number of aliphatic hydroxyl groups excluding tert-OH is 1. The number of carbonyl (C=O) groups is 1. The molecule has 15 heteroatoms. The van der Waals surface area contributed by atoms with Gasteiger partial charge in [0.1, 0.15) is 24.2 Å². The Morgan fingerprint density at radius 3 is 2.67 bits per heavy atom. The number of aliphatic hydroxyl groups is 1. The zero-order chi connectivity index (χ0) is 28.8. The maximum absolute atomic E-state index is 14.8. The third kappa shape index (κ3) is 4.95. The first-order valence-electron chi connectivity index (χ1n) is 11.9. The Bertz CT molecular complexity index is 1660. The van der Waals surface area contributed by atoms with E-state index in [-0.39, 0.29) is 29.1 Å². The van der Waals surface area contributed by atoms with Gasteiger partial charge in [0.2, 0.25) is 0 Å². The van der Waals surface area contributed by atoms with Gasteiger partial charge in [-0.3, -0.25) is 14.6 Å². The van der Waals surface area contributed by atoms with Gasteiger partial charge in [-0.2, -0.15) is 18.6 Å². The summed E-state index contributed by atoms with van der Waals surface area (Å²) in [6.45, 7) is -0.233. The number of aromatic nitrogens is 6. The molecule has 1 aromatic carbocycles. The Morgan fingerprint density at radius 1 is 1.23 bits per heavy atom. The van der Waals surface area contributed by atoms with Crippen LogP contribution in [-0.4, -0.2) is 53.3 Å². The predicted molar refractivity (Wildman–Crippen MR) is 129 cm³/mol. The summed E-state index contributed by atoms with van der Waals surface area (Å²) in [5.74, 6) is -8.86. The van der Waals surface area contributed by atoms with Gasteiger partial charge in [-0.1, -0.05) is 17.3 Å². The third-order valence-corrected chi connectivity index (χ3v) is 6.40. The zero-order valence-electron chi connectivity index (χ0n) is 20.6. The van der Waals surface area contributed by atoms with E-state index in [2.05, 4.69) is 25.7 Å². The summed E-state index contributed by atoms with van der Waals surface area (Å²) < 4.78 is 71.8. The van der Waals surface area contributed by atoms with E-state index >= 15 is 0 Å². The molecule has 1 saturated carbocycles. The molecular formula is C25H20F5N7O3. The number of hydrogen-bond acceptors (Lipinski definition) is 7. The lowest BCUT2D eigenvalue weighted by atomic mass is 10.0. The maximum atomic E-state index is 14.8. The van der Waals surface area contributed by atoms with Crippen molar-refractivity contribution in [3.8, 4) is 16.9 Å². The number of halogens is 5. The van der Waals surface area contributed by atoms with Gasteiger partial charge in [0.15, 0.2) is 0 Å². The highest BCUT2D eigenvalue weighted by Crippen LogP contribution is 2.53. The van der Waals surface area contributed by atoms with Crippen molar-refractivity contribution in [2.24, 2.45) is 0 Å². The molecule has 2 N–H and O–H groups in total. The normalized spacial score (nSPS) is 16.9. The second-order valence-electron chi connectivity index (χ2n) is 9.21. The van der Waals surface area contributed by atoms with Crippen molar-refractivity contribution in [3.63, 3.8) is 0 Å². The van der Waals surface area contributed by atoms with Gasteiger partial charge in [-0.15, -0.1) is 5.10 Å². The summed E-state index contributed by atoms with van der Waals surface area (Å²) in [4.78, 5) is 29.5. The number of nitrogens with zero attached hydrogens (tertiary/aromatic N) is 6. The SMILES string of the molecule is C[C@@H](NC(=O)c1ccc(=O)n(-c2cncc(-c3cnnn3[C@@H]3CC3(F)F)c2)n1)c1cccc(C(F)(F)CO)c1F. The van der Waals surface area contributed by atoms with E-state index in [4.69, 9.17) is 5.11 Å². The third-order valence-electron chi connectivity index (χ3n) is 6.40. The number of rotatable bonds is 8. The van der Waals surface area contributed by atoms with E-state index in [1.165, 1.54) is 43.7 Å². The Hall–Kier alpha value is -4.53. The molecule has 1 fully saturated rings. The summed E-state index contributed by atoms with van der Waals surface area (Å²) in [5, 5.41) is 22.8. The largest absolute Gasteiger partial charge is 0.390 e. The van der Waals surface area contributed by atoms with Crippen LogP contribution in [0.5, 0.6) is 0 Å². The molecule has 0 saturated heterocycles. The van der Waals surface area contributed by atoms with Crippen LogP contribution in [-0.2, 0) is 5.92 Å². The molecular weight excluding hydrogens is 541 g/mol. The summed E-state index contributed by atoms with van der Waals surface area (Å²) >= 11 is 0. The lowest BCUT2D eigenvalue weighted by molar-refractivity contribution is -0.0584. The molecule has 5 rings (SSSR count). The van der Waals surface area contributed by atoms with E-state index in [0.717, 1.165) is 27.6 Å². The van der Waals surface area contributed by atoms with Crippen LogP contribution < -0.4 is 10.9 Å². The van der Waals surface area contributed by atoms with Crippen molar-refractivity contribution in [2.45, 2.75) is 37.3 Å². The van der Waals surface area contributed by atoms with Crippen LogP contribution in [0.1, 0.15) is 47.0 Å².